The highest BCUT2D eigenvalue weighted by atomic mass is 32.2. The summed E-state index contributed by atoms with van der Waals surface area (Å²) in [5.74, 6) is -0.426. The maximum absolute atomic E-state index is 13.1. The van der Waals surface area contributed by atoms with Crippen LogP contribution >= 0.6 is 11.3 Å². The third-order valence-electron chi connectivity index (χ3n) is 4.43. The Morgan fingerprint density at radius 3 is 2.60 bits per heavy atom. The lowest BCUT2D eigenvalue weighted by Crippen LogP contribution is -2.25. The van der Waals surface area contributed by atoms with Gasteiger partial charge in [0, 0.05) is 24.0 Å². The summed E-state index contributed by atoms with van der Waals surface area (Å²) in [6.07, 6.45) is 4.09. The minimum absolute atomic E-state index is 0.0130. The summed E-state index contributed by atoms with van der Waals surface area (Å²) in [5, 5.41) is 2.83. The second kappa shape index (κ2) is 7.85. The lowest BCUT2D eigenvalue weighted by Gasteiger charge is -2.06. The Labute approximate surface area is 175 Å². The van der Waals surface area contributed by atoms with Gasteiger partial charge in [-0.25, -0.2) is 23.1 Å². The number of thiazole rings is 1. The van der Waals surface area contributed by atoms with Crippen LogP contribution in [0, 0.1) is 6.92 Å². The molecule has 1 aliphatic rings. The maximum atomic E-state index is 13.1. The molecule has 0 bridgehead atoms. The van der Waals surface area contributed by atoms with Crippen molar-refractivity contribution in [1.29, 1.82) is 0 Å². The topological polar surface area (TPSA) is 106 Å². The number of imidazole rings is 1. The van der Waals surface area contributed by atoms with Gasteiger partial charge in [-0.3, -0.25) is 14.7 Å². The minimum Gasteiger partial charge on any atom is -0.298 e. The summed E-state index contributed by atoms with van der Waals surface area (Å²) >= 11 is 1.03. The SMILES string of the molecule is Cc1nc(NC(=O)c2ccc(S(=O)(=O)NC3CC3)cc2)sc1-c1nccn1C(F)F. The van der Waals surface area contributed by atoms with Gasteiger partial charge in [0.15, 0.2) is 11.0 Å². The lowest BCUT2D eigenvalue weighted by molar-refractivity contribution is 0.0720. The van der Waals surface area contributed by atoms with Gasteiger partial charge in [-0.15, -0.1) is 0 Å². The predicted molar refractivity (Wildman–Crippen MR) is 107 cm³/mol. The van der Waals surface area contributed by atoms with E-state index in [4.69, 9.17) is 0 Å². The zero-order chi connectivity index (χ0) is 21.5. The summed E-state index contributed by atoms with van der Waals surface area (Å²) in [5.41, 5.74) is 0.694. The van der Waals surface area contributed by atoms with E-state index in [2.05, 4.69) is 20.0 Å². The van der Waals surface area contributed by atoms with Gasteiger partial charge in [0.25, 0.3) is 5.91 Å². The number of hydrogen-bond acceptors (Lipinski definition) is 6. The number of sulfonamides is 1. The van der Waals surface area contributed by atoms with Crippen LogP contribution in [0.5, 0.6) is 0 Å². The van der Waals surface area contributed by atoms with E-state index in [0.29, 0.717) is 10.6 Å². The van der Waals surface area contributed by atoms with Crippen molar-refractivity contribution in [3.63, 3.8) is 0 Å². The van der Waals surface area contributed by atoms with E-state index in [1.54, 1.807) is 6.92 Å². The van der Waals surface area contributed by atoms with Crippen LogP contribution in [0.15, 0.2) is 41.6 Å². The smallest absolute Gasteiger partial charge is 0.298 e. The van der Waals surface area contributed by atoms with Crippen molar-refractivity contribution in [2.45, 2.75) is 37.3 Å². The third-order valence-corrected chi connectivity index (χ3v) is 7.03. The van der Waals surface area contributed by atoms with Gasteiger partial charge >= 0.3 is 6.55 Å². The van der Waals surface area contributed by atoms with Crippen molar-refractivity contribution >= 4 is 32.4 Å². The quantitative estimate of drug-likeness (QED) is 0.570. The third kappa shape index (κ3) is 4.25. The van der Waals surface area contributed by atoms with Crippen LogP contribution in [0.3, 0.4) is 0 Å². The summed E-state index contributed by atoms with van der Waals surface area (Å²) in [4.78, 5) is 21.2. The molecule has 0 spiro atoms. The Morgan fingerprint density at radius 2 is 1.97 bits per heavy atom. The number of nitrogens with one attached hydrogen (secondary N) is 2. The molecule has 30 heavy (non-hydrogen) atoms. The molecule has 2 heterocycles. The Balaban J connectivity index is 1.50. The first-order valence-corrected chi connectivity index (χ1v) is 11.3. The Bertz CT molecular complexity index is 1180. The highest BCUT2D eigenvalue weighted by Crippen LogP contribution is 2.33. The van der Waals surface area contributed by atoms with Crippen molar-refractivity contribution in [2.24, 2.45) is 0 Å². The van der Waals surface area contributed by atoms with E-state index in [9.17, 15) is 22.0 Å². The second-order valence-electron chi connectivity index (χ2n) is 6.74. The van der Waals surface area contributed by atoms with Gasteiger partial charge in [-0.05, 0) is 44.0 Å². The molecule has 0 aliphatic heterocycles. The molecule has 8 nitrogen and oxygen atoms in total. The molecular weight excluding hydrogens is 436 g/mol. The number of benzene rings is 1. The average Bonchev–Trinajstić information content (AvgIpc) is 3.22. The Morgan fingerprint density at radius 1 is 1.27 bits per heavy atom. The monoisotopic (exact) mass is 453 g/mol. The standard InChI is InChI=1S/C18H17F2N5O3S2/c1-10-14(15-21-8-9-25(15)17(19)20)29-18(22-10)23-16(26)11-2-6-13(7-3-11)30(27,28)24-12-4-5-12/h2-3,6-9,12,17,24H,4-5H2,1H3,(H,22,23,26). The van der Waals surface area contributed by atoms with E-state index in [1.165, 1.54) is 36.7 Å². The molecule has 0 saturated heterocycles. The summed E-state index contributed by atoms with van der Waals surface area (Å²) in [7, 11) is -3.60. The van der Waals surface area contributed by atoms with Gasteiger partial charge in [-0.2, -0.15) is 8.78 Å². The summed E-state index contributed by atoms with van der Waals surface area (Å²) in [6.45, 7) is -1.11. The molecule has 1 aromatic carbocycles. The molecule has 0 unspecified atom stereocenters. The van der Waals surface area contributed by atoms with Crippen molar-refractivity contribution in [2.75, 3.05) is 5.32 Å². The molecule has 3 aromatic rings. The second-order valence-corrected chi connectivity index (χ2v) is 9.46. The molecule has 158 valence electrons. The van der Waals surface area contributed by atoms with Gasteiger partial charge < -0.3 is 0 Å². The maximum Gasteiger partial charge on any atom is 0.320 e. The van der Waals surface area contributed by atoms with Crippen LogP contribution < -0.4 is 10.0 Å². The van der Waals surface area contributed by atoms with Crippen molar-refractivity contribution in [1.82, 2.24) is 19.3 Å². The zero-order valence-corrected chi connectivity index (χ0v) is 17.3. The van der Waals surface area contributed by atoms with Crippen molar-refractivity contribution < 1.29 is 22.0 Å². The van der Waals surface area contributed by atoms with Crippen molar-refractivity contribution in [3.8, 4) is 10.7 Å². The number of hydrogen-bond donors (Lipinski definition) is 2. The minimum atomic E-state index is -3.60. The number of carbonyl (C=O) groups is 1. The van der Waals surface area contributed by atoms with Crippen LogP contribution in [0.25, 0.3) is 10.7 Å². The van der Waals surface area contributed by atoms with Crippen LogP contribution in [-0.4, -0.2) is 34.9 Å². The van der Waals surface area contributed by atoms with Gasteiger partial charge in [-0.1, -0.05) is 11.3 Å². The van der Waals surface area contributed by atoms with E-state index in [1.807, 2.05) is 0 Å². The zero-order valence-electron chi connectivity index (χ0n) is 15.7. The molecule has 0 radical (unpaired) electrons. The van der Waals surface area contributed by atoms with E-state index < -0.39 is 22.5 Å². The van der Waals surface area contributed by atoms with Crippen LogP contribution in [0.1, 0.15) is 35.4 Å². The van der Waals surface area contributed by atoms with Gasteiger partial charge in [0.05, 0.1) is 15.5 Å². The van der Waals surface area contributed by atoms with E-state index in [-0.39, 0.29) is 27.5 Å². The summed E-state index contributed by atoms with van der Waals surface area (Å²) < 4.78 is 53.9. The molecular formula is C18H17F2N5O3S2. The number of carbonyl (C=O) groups excluding carboxylic acids is 1. The van der Waals surface area contributed by atoms with Crippen molar-refractivity contribution in [3.05, 3.63) is 47.9 Å². The van der Waals surface area contributed by atoms with Crippen LogP contribution in [0.4, 0.5) is 13.9 Å². The predicted octanol–water partition coefficient (Wildman–Crippen LogP) is 3.40. The molecule has 2 N–H and O–H groups in total. The fourth-order valence-corrected chi connectivity index (χ4v) is 5.01. The number of rotatable bonds is 7. The number of nitrogens with zero attached hydrogens (tertiary/aromatic N) is 3. The first-order valence-electron chi connectivity index (χ1n) is 8.97. The number of anilines is 1. The molecule has 1 amide bonds. The number of aryl methyl sites for hydroxylation is 1. The number of aromatic nitrogens is 3. The highest BCUT2D eigenvalue weighted by molar-refractivity contribution is 7.89. The summed E-state index contributed by atoms with van der Waals surface area (Å²) in [6, 6.07) is 5.51. The van der Waals surface area contributed by atoms with Gasteiger partial charge in [0.2, 0.25) is 10.0 Å². The molecule has 2 aromatic heterocycles. The number of halogens is 2. The number of alkyl halides is 2. The van der Waals surface area contributed by atoms with Crippen LogP contribution in [0.2, 0.25) is 0 Å². The van der Waals surface area contributed by atoms with Crippen LogP contribution in [-0.2, 0) is 10.0 Å². The molecule has 12 heteroatoms. The number of amides is 1. The first-order chi connectivity index (χ1) is 14.2. The molecule has 0 atom stereocenters. The molecule has 1 aliphatic carbocycles. The van der Waals surface area contributed by atoms with Gasteiger partial charge in [0.1, 0.15) is 0 Å². The van der Waals surface area contributed by atoms with E-state index in [0.717, 1.165) is 28.7 Å². The van der Waals surface area contributed by atoms with E-state index >= 15 is 0 Å². The Hall–Kier alpha value is -2.70. The molecule has 1 saturated carbocycles. The Kier molecular flexibility index (Phi) is 5.38. The first kappa shape index (κ1) is 20.6. The molecule has 1 fully saturated rings. The fraction of sp³-hybridized carbons (Fsp3) is 0.278. The fourth-order valence-electron chi connectivity index (χ4n) is 2.75. The highest BCUT2D eigenvalue weighted by Gasteiger charge is 2.28. The lowest BCUT2D eigenvalue weighted by atomic mass is 10.2. The average molecular weight is 453 g/mol. The molecule has 4 rings (SSSR count). The normalized spacial score (nSPS) is 14.3. The largest absolute Gasteiger partial charge is 0.320 e.